The van der Waals surface area contributed by atoms with Crippen molar-refractivity contribution >= 4 is 51.0 Å². The van der Waals surface area contributed by atoms with Gasteiger partial charge < -0.3 is 16.2 Å². The fraction of sp³-hybridized carbons (Fsp3) is 0. The monoisotopic (exact) mass is 483 g/mol. The predicted molar refractivity (Wildman–Crippen MR) is 132 cm³/mol. The summed E-state index contributed by atoms with van der Waals surface area (Å²) in [7, 11) is 0. The minimum atomic E-state index is -0.767. The highest BCUT2D eigenvalue weighted by Gasteiger charge is 2.21. The molecule has 3 aromatic carbocycles. The van der Waals surface area contributed by atoms with Crippen LogP contribution in [0.2, 0.25) is 0 Å². The number of fused-ring (bicyclic) bond motifs is 1. The van der Waals surface area contributed by atoms with Gasteiger partial charge in [0.05, 0.1) is 11.8 Å². The van der Waals surface area contributed by atoms with Crippen molar-refractivity contribution in [3.8, 4) is 10.9 Å². The number of primary amides is 1. The molecule has 0 aliphatic rings. The molecule has 2 heterocycles. The Bertz CT molecular complexity index is 1580. The van der Waals surface area contributed by atoms with Gasteiger partial charge in [0.2, 0.25) is 5.13 Å². The van der Waals surface area contributed by atoms with Gasteiger partial charge in [-0.25, -0.2) is 4.98 Å². The van der Waals surface area contributed by atoms with Crippen LogP contribution in [0, 0.1) is 0 Å². The molecule has 0 atom stereocenters. The number of carbonyl (C=O) groups excluding carboxylic acids is 2. The maximum atomic E-state index is 13.0. The Hall–Kier alpha value is -4.90. The first-order valence-corrected chi connectivity index (χ1v) is 11.2. The lowest BCUT2D eigenvalue weighted by Crippen LogP contribution is -2.16. The van der Waals surface area contributed by atoms with E-state index in [9.17, 15) is 14.7 Å². The van der Waals surface area contributed by atoms with Crippen LogP contribution in [0.1, 0.15) is 20.8 Å². The number of nitrogens with two attached hydrogens (primary N) is 1. The van der Waals surface area contributed by atoms with E-state index in [1.54, 1.807) is 60.1 Å². The zero-order valence-electron chi connectivity index (χ0n) is 18.0. The number of carbonyl (C=O) groups is 2. The molecule has 0 fully saturated rings. The van der Waals surface area contributed by atoms with Crippen molar-refractivity contribution in [3.05, 3.63) is 89.7 Å². The Morgan fingerprint density at radius 1 is 1.06 bits per heavy atom. The number of amides is 2. The molecule has 0 radical (unpaired) electrons. The molecule has 2 amide bonds. The van der Waals surface area contributed by atoms with Crippen molar-refractivity contribution in [2.24, 2.45) is 16.0 Å². The van der Waals surface area contributed by atoms with Crippen molar-refractivity contribution in [1.82, 2.24) is 14.8 Å². The number of thiazole rings is 1. The van der Waals surface area contributed by atoms with Crippen molar-refractivity contribution < 1.29 is 14.7 Å². The minimum absolute atomic E-state index is 0.00882. The second kappa shape index (κ2) is 9.15. The van der Waals surface area contributed by atoms with E-state index >= 15 is 0 Å². The molecular formula is C24H17N7O3S. The van der Waals surface area contributed by atoms with Gasteiger partial charge in [0.15, 0.2) is 11.4 Å². The summed E-state index contributed by atoms with van der Waals surface area (Å²) in [5, 5.41) is 29.7. The highest BCUT2D eigenvalue weighted by molar-refractivity contribution is 7.12. The van der Waals surface area contributed by atoms with E-state index < -0.39 is 11.8 Å². The van der Waals surface area contributed by atoms with Crippen molar-refractivity contribution in [3.63, 3.8) is 0 Å². The SMILES string of the molecule is NC(=O)c1c(N=Nc2c(O)c(C(=O)Nc3ccccc3)cc3ccccc23)cnn1-c1nccs1. The van der Waals surface area contributed by atoms with Crippen LogP contribution in [-0.2, 0) is 0 Å². The van der Waals surface area contributed by atoms with Crippen LogP contribution >= 0.6 is 11.3 Å². The molecule has 0 spiro atoms. The van der Waals surface area contributed by atoms with Crippen LogP contribution < -0.4 is 11.1 Å². The van der Waals surface area contributed by atoms with Crippen LogP contribution in [0.15, 0.2) is 88.7 Å². The van der Waals surface area contributed by atoms with Gasteiger partial charge in [-0.2, -0.15) is 9.78 Å². The number of para-hydroxylation sites is 1. The summed E-state index contributed by atoms with van der Waals surface area (Å²) in [5.74, 6) is -1.63. The molecule has 4 N–H and O–H groups in total. The maximum absolute atomic E-state index is 13.0. The number of hydrogen-bond acceptors (Lipinski definition) is 8. The number of nitrogens with zero attached hydrogens (tertiary/aromatic N) is 5. The quantitative estimate of drug-likeness (QED) is 0.292. The Morgan fingerprint density at radius 3 is 2.57 bits per heavy atom. The van der Waals surface area contributed by atoms with Gasteiger partial charge >= 0.3 is 0 Å². The third-order valence-electron chi connectivity index (χ3n) is 5.11. The van der Waals surface area contributed by atoms with Gasteiger partial charge in [0, 0.05) is 22.7 Å². The average Bonchev–Trinajstić information content (AvgIpc) is 3.54. The summed E-state index contributed by atoms with van der Waals surface area (Å²) in [4.78, 5) is 29.2. The normalized spacial score (nSPS) is 11.2. The topological polar surface area (TPSA) is 148 Å². The largest absolute Gasteiger partial charge is 0.505 e. The van der Waals surface area contributed by atoms with Gasteiger partial charge in [-0.1, -0.05) is 42.5 Å². The molecule has 0 saturated heterocycles. The van der Waals surface area contributed by atoms with Gasteiger partial charge in [-0.3, -0.25) is 9.59 Å². The zero-order chi connectivity index (χ0) is 24.4. The van der Waals surface area contributed by atoms with Gasteiger partial charge in [-0.05, 0) is 23.6 Å². The van der Waals surface area contributed by atoms with E-state index in [1.807, 2.05) is 12.1 Å². The molecule has 0 saturated carbocycles. The first kappa shape index (κ1) is 21.9. The fourth-order valence-electron chi connectivity index (χ4n) is 3.52. The van der Waals surface area contributed by atoms with Crippen LogP contribution in [0.4, 0.5) is 17.1 Å². The number of phenols is 1. The third-order valence-corrected chi connectivity index (χ3v) is 5.86. The summed E-state index contributed by atoms with van der Waals surface area (Å²) < 4.78 is 1.28. The van der Waals surface area contributed by atoms with E-state index in [1.165, 1.54) is 22.2 Å². The molecule has 35 heavy (non-hydrogen) atoms. The zero-order valence-corrected chi connectivity index (χ0v) is 18.8. The Balaban J connectivity index is 1.59. The summed E-state index contributed by atoms with van der Waals surface area (Å²) in [5.41, 5.74) is 6.32. The Morgan fingerprint density at radius 2 is 1.83 bits per heavy atom. The van der Waals surface area contributed by atoms with Crippen molar-refractivity contribution in [2.45, 2.75) is 0 Å². The van der Waals surface area contributed by atoms with Crippen LogP contribution in [-0.4, -0.2) is 31.7 Å². The number of aromatic hydroxyl groups is 1. The number of anilines is 1. The number of aromatic nitrogens is 3. The molecule has 2 aromatic heterocycles. The number of rotatable bonds is 6. The standard InChI is InChI=1S/C24H17N7O3S/c25-22(33)20-18(13-27-31(20)24-26-10-11-35-24)29-30-19-16-9-5-4-6-14(16)12-17(21(19)32)23(34)28-15-7-2-1-3-8-15/h1-13,32H,(H2,25,33)(H,28,34). The first-order valence-electron chi connectivity index (χ1n) is 10.3. The molecule has 172 valence electrons. The summed E-state index contributed by atoms with van der Waals surface area (Å²) in [6.07, 6.45) is 2.90. The van der Waals surface area contributed by atoms with E-state index in [-0.39, 0.29) is 28.4 Å². The van der Waals surface area contributed by atoms with Crippen molar-refractivity contribution in [1.29, 1.82) is 0 Å². The lowest BCUT2D eigenvalue weighted by atomic mass is 10.0. The smallest absolute Gasteiger partial charge is 0.269 e. The van der Waals surface area contributed by atoms with E-state index in [0.717, 1.165) is 0 Å². The van der Waals surface area contributed by atoms with E-state index in [2.05, 4.69) is 25.6 Å². The number of nitrogens with one attached hydrogen (secondary N) is 1. The maximum Gasteiger partial charge on any atom is 0.269 e. The lowest BCUT2D eigenvalue weighted by molar-refractivity contribution is 0.0991. The van der Waals surface area contributed by atoms with Crippen LogP contribution in [0.3, 0.4) is 0 Å². The minimum Gasteiger partial charge on any atom is -0.505 e. The van der Waals surface area contributed by atoms with Gasteiger partial charge in [0.25, 0.3) is 11.8 Å². The number of hydrogen-bond donors (Lipinski definition) is 3. The van der Waals surface area contributed by atoms with Crippen LogP contribution in [0.5, 0.6) is 5.75 Å². The fourth-order valence-corrected chi connectivity index (χ4v) is 4.13. The number of benzene rings is 3. The number of phenolic OH excluding ortho intramolecular Hbond substituents is 1. The summed E-state index contributed by atoms with van der Waals surface area (Å²) in [6, 6.07) is 17.6. The lowest BCUT2D eigenvalue weighted by Gasteiger charge is -2.11. The first-order chi connectivity index (χ1) is 17.0. The molecular weight excluding hydrogens is 466 g/mol. The third kappa shape index (κ3) is 4.23. The highest BCUT2D eigenvalue weighted by atomic mass is 32.1. The molecule has 0 unspecified atom stereocenters. The summed E-state index contributed by atoms with van der Waals surface area (Å²) >= 11 is 1.27. The van der Waals surface area contributed by atoms with E-state index in [4.69, 9.17) is 5.73 Å². The van der Waals surface area contributed by atoms with Crippen molar-refractivity contribution in [2.75, 3.05) is 5.32 Å². The molecule has 5 aromatic rings. The molecule has 0 bridgehead atoms. The molecule has 5 rings (SSSR count). The Labute approximate surface area is 202 Å². The van der Waals surface area contributed by atoms with Gasteiger partial charge in [-0.15, -0.1) is 21.6 Å². The molecule has 0 aliphatic heterocycles. The molecule has 0 aliphatic carbocycles. The van der Waals surface area contributed by atoms with Crippen LogP contribution in [0.25, 0.3) is 15.9 Å². The predicted octanol–water partition coefficient (Wildman–Crippen LogP) is 4.95. The average molecular weight is 484 g/mol. The highest BCUT2D eigenvalue weighted by Crippen LogP contribution is 2.40. The second-order valence-corrected chi connectivity index (χ2v) is 8.20. The second-order valence-electron chi connectivity index (χ2n) is 7.33. The molecule has 10 nitrogen and oxygen atoms in total. The van der Waals surface area contributed by atoms with E-state index in [0.29, 0.717) is 21.6 Å². The Kier molecular flexibility index (Phi) is 5.73. The summed E-state index contributed by atoms with van der Waals surface area (Å²) in [6.45, 7) is 0. The van der Waals surface area contributed by atoms with Gasteiger partial charge in [0.1, 0.15) is 11.4 Å². The number of azo groups is 1. The molecule has 11 heteroatoms.